The molecule has 0 aliphatic heterocycles. The van der Waals surface area contributed by atoms with E-state index in [1.54, 1.807) is 6.20 Å². The van der Waals surface area contributed by atoms with E-state index in [2.05, 4.69) is 15.6 Å². The normalized spacial score (nSPS) is 19.1. The molecule has 156 valence electrons. The lowest BCUT2D eigenvalue weighted by atomic mass is 9.86. The van der Waals surface area contributed by atoms with Gasteiger partial charge in [-0.15, -0.1) is 0 Å². The molecule has 0 saturated heterocycles. The minimum atomic E-state index is -1.41. The van der Waals surface area contributed by atoms with Crippen molar-refractivity contribution in [2.24, 2.45) is 5.92 Å². The van der Waals surface area contributed by atoms with Crippen LogP contribution in [0, 0.1) is 37.2 Å². The second kappa shape index (κ2) is 9.03. The Hall–Kier alpha value is -2.28. The van der Waals surface area contributed by atoms with Gasteiger partial charge < -0.3 is 10.6 Å². The minimum absolute atomic E-state index is 0.167. The summed E-state index contributed by atoms with van der Waals surface area (Å²) in [6.07, 6.45) is 4.97. The fraction of sp³-hybridized carbons (Fsp3) is 0.429. The van der Waals surface area contributed by atoms with Crippen molar-refractivity contribution in [2.75, 3.05) is 11.9 Å². The molecule has 1 aliphatic rings. The zero-order valence-corrected chi connectivity index (χ0v) is 17.0. The van der Waals surface area contributed by atoms with Crippen molar-refractivity contribution in [3.8, 4) is 0 Å². The maximum absolute atomic E-state index is 14.3. The number of benzene rings is 1. The quantitative estimate of drug-likeness (QED) is 0.513. The van der Waals surface area contributed by atoms with Crippen LogP contribution in [0.2, 0.25) is 5.02 Å². The molecule has 1 aliphatic carbocycles. The predicted octanol–water partition coefficient (Wildman–Crippen LogP) is 5.17. The Morgan fingerprint density at radius 3 is 2.41 bits per heavy atom. The predicted molar refractivity (Wildman–Crippen MR) is 107 cm³/mol. The summed E-state index contributed by atoms with van der Waals surface area (Å²) in [5.74, 6) is -3.48. The molecular formula is C21H23ClF3N3O. The molecule has 0 bridgehead atoms. The Morgan fingerprint density at radius 2 is 1.79 bits per heavy atom. The van der Waals surface area contributed by atoms with Gasteiger partial charge in [-0.25, -0.2) is 18.2 Å². The molecule has 0 spiro atoms. The van der Waals surface area contributed by atoms with Gasteiger partial charge in [0.15, 0.2) is 11.6 Å². The van der Waals surface area contributed by atoms with E-state index in [4.69, 9.17) is 11.6 Å². The van der Waals surface area contributed by atoms with Gasteiger partial charge in [0.1, 0.15) is 11.6 Å². The Bertz CT molecular complexity index is 868. The second-order valence-corrected chi connectivity index (χ2v) is 7.93. The fourth-order valence-electron chi connectivity index (χ4n) is 3.54. The van der Waals surface area contributed by atoms with Crippen molar-refractivity contribution in [3.05, 3.63) is 57.5 Å². The van der Waals surface area contributed by atoms with Crippen molar-refractivity contribution in [2.45, 2.75) is 45.6 Å². The van der Waals surface area contributed by atoms with Gasteiger partial charge in [-0.3, -0.25) is 4.79 Å². The number of halogens is 4. The van der Waals surface area contributed by atoms with E-state index in [-0.39, 0.29) is 6.04 Å². The third-order valence-electron chi connectivity index (χ3n) is 5.38. The number of hydrogen-bond acceptors (Lipinski definition) is 3. The molecule has 8 heteroatoms. The molecule has 4 nitrogen and oxygen atoms in total. The Kier molecular flexibility index (Phi) is 6.67. The summed E-state index contributed by atoms with van der Waals surface area (Å²) in [6, 6.07) is 3.76. The number of nitrogens with zero attached hydrogens (tertiary/aromatic N) is 1. The Balaban J connectivity index is 1.54. The van der Waals surface area contributed by atoms with E-state index in [0.29, 0.717) is 18.8 Å². The van der Waals surface area contributed by atoms with Crippen LogP contribution in [0.5, 0.6) is 0 Å². The first kappa shape index (κ1) is 21.4. The summed E-state index contributed by atoms with van der Waals surface area (Å²) in [5.41, 5.74) is -0.103. The van der Waals surface area contributed by atoms with Crippen LogP contribution in [-0.2, 0) is 0 Å². The fourth-order valence-corrected chi connectivity index (χ4v) is 3.79. The zero-order valence-electron chi connectivity index (χ0n) is 16.3. The number of hydrogen-bond donors (Lipinski definition) is 2. The van der Waals surface area contributed by atoms with Gasteiger partial charge in [0, 0.05) is 24.3 Å². The average Bonchev–Trinajstić information content (AvgIpc) is 2.71. The highest BCUT2D eigenvalue weighted by atomic mass is 35.5. The van der Waals surface area contributed by atoms with Crippen molar-refractivity contribution < 1.29 is 18.0 Å². The summed E-state index contributed by atoms with van der Waals surface area (Å²) < 4.78 is 41.7. The molecule has 1 aromatic heterocycles. The van der Waals surface area contributed by atoms with E-state index in [1.807, 2.05) is 19.1 Å². The van der Waals surface area contributed by atoms with Crippen LogP contribution < -0.4 is 10.6 Å². The molecule has 0 atom stereocenters. The van der Waals surface area contributed by atoms with Crippen molar-refractivity contribution >= 4 is 23.3 Å². The standard InChI is InChI=1S/C21H23ClF3N3O/c1-11-3-8-15(26-9-11)27-10-13-4-6-14(7-5-13)28-21(29)16-17(22)20(25)19(24)12(2)18(16)23/h3,8-9,13-14H,4-7,10H2,1-2H3,(H,26,27)(H,28,29). The van der Waals surface area contributed by atoms with Crippen LogP contribution in [0.1, 0.15) is 47.2 Å². The van der Waals surface area contributed by atoms with E-state index < -0.39 is 39.5 Å². The number of nitrogens with one attached hydrogen (secondary N) is 2. The van der Waals surface area contributed by atoms with Crippen LogP contribution in [0.4, 0.5) is 19.0 Å². The first-order valence-corrected chi connectivity index (χ1v) is 9.95. The molecule has 29 heavy (non-hydrogen) atoms. The first-order valence-electron chi connectivity index (χ1n) is 9.57. The third-order valence-corrected chi connectivity index (χ3v) is 5.73. The van der Waals surface area contributed by atoms with Crippen LogP contribution in [0.25, 0.3) is 0 Å². The topological polar surface area (TPSA) is 54.0 Å². The number of carbonyl (C=O) groups excluding carboxylic acids is 1. The summed E-state index contributed by atoms with van der Waals surface area (Å²) in [6.45, 7) is 3.83. The van der Waals surface area contributed by atoms with Crippen LogP contribution >= 0.6 is 11.6 Å². The Labute approximate surface area is 172 Å². The zero-order chi connectivity index (χ0) is 21.1. The highest BCUT2D eigenvalue weighted by molar-refractivity contribution is 6.34. The number of amides is 1. The van der Waals surface area contributed by atoms with Gasteiger partial charge >= 0.3 is 0 Å². The average molecular weight is 426 g/mol. The number of rotatable bonds is 5. The van der Waals surface area contributed by atoms with E-state index in [0.717, 1.165) is 37.7 Å². The largest absolute Gasteiger partial charge is 0.370 e. The number of carbonyl (C=O) groups is 1. The van der Waals surface area contributed by atoms with E-state index in [1.165, 1.54) is 0 Å². The SMILES string of the molecule is Cc1ccc(NCC2CCC(NC(=O)c3c(F)c(C)c(F)c(F)c3Cl)CC2)nc1. The number of aromatic nitrogens is 1. The smallest absolute Gasteiger partial charge is 0.256 e. The molecule has 1 amide bonds. The van der Waals surface area contributed by atoms with Crippen molar-refractivity contribution in [3.63, 3.8) is 0 Å². The number of pyridine rings is 1. The monoisotopic (exact) mass is 425 g/mol. The van der Waals surface area contributed by atoms with Gasteiger partial charge in [0.25, 0.3) is 5.91 Å². The molecule has 1 fully saturated rings. The third kappa shape index (κ3) is 4.83. The number of anilines is 1. The molecule has 2 N–H and O–H groups in total. The summed E-state index contributed by atoms with van der Waals surface area (Å²) in [5, 5.41) is 5.19. The molecule has 1 aromatic carbocycles. The second-order valence-electron chi connectivity index (χ2n) is 7.55. The highest BCUT2D eigenvalue weighted by Gasteiger charge is 2.29. The molecular weight excluding hydrogens is 403 g/mol. The van der Waals surface area contributed by atoms with Gasteiger partial charge in [0.2, 0.25) is 0 Å². The lowest BCUT2D eigenvalue weighted by Crippen LogP contribution is -2.39. The lowest BCUT2D eigenvalue weighted by Gasteiger charge is -2.29. The summed E-state index contributed by atoms with van der Waals surface area (Å²) in [7, 11) is 0. The molecule has 0 radical (unpaired) electrons. The maximum atomic E-state index is 14.3. The molecule has 1 saturated carbocycles. The van der Waals surface area contributed by atoms with E-state index in [9.17, 15) is 18.0 Å². The molecule has 0 unspecified atom stereocenters. The summed E-state index contributed by atoms with van der Waals surface area (Å²) >= 11 is 5.69. The molecule has 3 rings (SSSR count). The maximum Gasteiger partial charge on any atom is 0.256 e. The van der Waals surface area contributed by atoms with Crippen molar-refractivity contribution in [1.82, 2.24) is 10.3 Å². The first-order chi connectivity index (χ1) is 13.8. The Morgan fingerprint density at radius 1 is 1.10 bits per heavy atom. The minimum Gasteiger partial charge on any atom is -0.370 e. The van der Waals surface area contributed by atoms with Crippen molar-refractivity contribution in [1.29, 1.82) is 0 Å². The van der Waals surface area contributed by atoms with Crippen LogP contribution in [-0.4, -0.2) is 23.5 Å². The van der Waals surface area contributed by atoms with Crippen LogP contribution in [0.3, 0.4) is 0 Å². The van der Waals surface area contributed by atoms with Gasteiger partial charge in [-0.2, -0.15) is 0 Å². The highest BCUT2D eigenvalue weighted by Crippen LogP contribution is 2.30. The van der Waals surface area contributed by atoms with Gasteiger partial charge in [-0.1, -0.05) is 17.7 Å². The van der Waals surface area contributed by atoms with Crippen LogP contribution in [0.15, 0.2) is 18.3 Å². The van der Waals surface area contributed by atoms with Gasteiger partial charge in [0.05, 0.1) is 10.6 Å². The lowest BCUT2D eigenvalue weighted by molar-refractivity contribution is 0.0918. The molecule has 2 aromatic rings. The van der Waals surface area contributed by atoms with E-state index >= 15 is 0 Å². The van der Waals surface area contributed by atoms with Gasteiger partial charge in [-0.05, 0) is 57.1 Å². The summed E-state index contributed by atoms with van der Waals surface area (Å²) in [4.78, 5) is 16.8. The molecule has 1 heterocycles. The number of aryl methyl sites for hydroxylation is 1.